The van der Waals surface area contributed by atoms with Gasteiger partial charge in [-0.05, 0) is 31.4 Å². The van der Waals surface area contributed by atoms with Crippen LogP contribution in [-0.2, 0) is 4.79 Å². The number of rotatable bonds is 3. The van der Waals surface area contributed by atoms with Crippen LogP contribution in [0.3, 0.4) is 0 Å². The Bertz CT molecular complexity index is 561. The van der Waals surface area contributed by atoms with E-state index in [1.807, 2.05) is 24.3 Å². The number of aliphatic carboxylic acids is 1. The number of para-hydroxylation sites is 1. The quantitative estimate of drug-likeness (QED) is 0.883. The lowest BCUT2D eigenvalue weighted by atomic mass is 9.91. The molecule has 0 bridgehead atoms. The molecule has 2 fully saturated rings. The van der Waals surface area contributed by atoms with Crippen LogP contribution in [0.25, 0.3) is 0 Å². The highest BCUT2D eigenvalue weighted by molar-refractivity contribution is 6.33. The lowest BCUT2D eigenvalue weighted by molar-refractivity contribution is -0.149. The molecule has 2 saturated heterocycles. The van der Waals surface area contributed by atoms with Crippen molar-refractivity contribution in [3.8, 4) is 0 Å². The van der Waals surface area contributed by atoms with E-state index in [0.717, 1.165) is 43.2 Å². The zero-order valence-corrected chi connectivity index (χ0v) is 13.8. The molecule has 6 heteroatoms. The van der Waals surface area contributed by atoms with Crippen molar-refractivity contribution in [3.63, 3.8) is 0 Å². The average Bonchev–Trinajstić information content (AvgIpc) is 2.56. The van der Waals surface area contributed by atoms with Crippen LogP contribution in [0.1, 0.15) is 19.3 Å². The highest BCUT2D eigenvalue weighted by atomic mass is 35.5. The summed E-state index contributed by atoms with van der Waals surface area (Å²) < 4.78 is 0. The zero-order valence-electron chi connectivity index (χ0n) is 13.1. The predicted octanol–water partition coefficient (Wildman–Crippen LogP) is 2.08. The molecule has 126 valence electrons. The Morgan fingerprint density at radius 2 is 1.83 bits per heavy atom. The molecule has 0 aromatic heterocycles. The van der Waals surface area contributed by atoms with Crippen LogP contribution in [0.5, 0.6) is 0 Å². The summed E-state index contributed by atoms with van der Waals surface area (Å²) >= 11 is 6.27. The lowest BCUT2D eigenvalue weighted by Crippen LogP contribution is -2.53. The van der Waals surface area contributed by atoms with Crippen molar-refractivity contribution in [1.29, 1.82) is 0 Å². The number of carboxylic acid groups (broad SMARTS) is 1. The van der Waals surface area contributed by atoms with Crippen molar-refractivity contribution in [2.24, 2.45) is 5.92 Å². The normalized spacial score (nSPS) is 27.1. The number of benzene rings is 1. The third kappa shape index (κ3) is 3.62. The minimum Gasteiger partial charge on any atom is -0.481 e. The zero-order chi connectivity index (χ0) is 16.4. The first-order valence-electron chi connectivity index (χ1n) is 8.20. The standard InChI is InChI=1S/C17H23ClN2O3/c18-14-3-1-2-4-15(14)19-8-5-12(6-9-19)20-10-7-16(21)13(11-20)17(22)23/h1-4,12-13,16,21H,5-11H2,(H,22,23)/t13-,16+/m0/s1. The van der Waals surface area contributed by atoms with Gasteiger partial charge in [-0.25, -0.2) is 0 Å². The van der Waals surface area contributed by atoms with Crippen molar-refractivity contribution in [2.75, 3.05) is 31.1 Å². The summed E-state index contributed by atoms with van der Waals surface area (Å²) in [6.45, 7) is 3.07. The maximum atomic E-state index is 11.3. The van der Waals surface area contributed by atoms with Crippen molar-refractivity contribution in [3.05, 3.63) is 29.3 Å². The van der Waals surface area contributed by atoms with Crippen LogP contribution >= 0.6 is 11.6 Å². The van der Waals surface area contributed by atoms with E-state index in [1.54, 1.807) is 0 Å². The van der Waals surface area contributed by atoms with E-state index in [-0.39, 0.29) is 0 Å². The van der Waals surface area contributed by atoms with Gasteiger partial charge in [-0.3, -0.25) is 9.69 Å². The second kappa shape index (κ2) is 7.07. The van der Waals surface area contributed by atoms with E-state index in [1.165, 1.54) is 0 Å². The molecule has 3 rings (SSSR count). The second-order valence-electron chi connectivity index (χ2n) is 6.47. The molecule has 23 heavy (non-hydrogen) atoms. The molecule has 2 heterocycles. The maximum Gasteiger partial charge on any atom is 0.310 e. The highest BCUT2D eigenvalue weighted by Crippen LogP contribution is 2.30. The van der Waals surface area contributed by atoms with Gasteiger partial charge in [0.05, 0.1) is 22.7 Å². The highest BCUT2D eigenvalue weighted by Gasteiger charge is 2.36. The van der Waals surface area contributed by atoms with Crippen LogP contribution in [0.15, 0.2) is 24.3 Å². The molecule has 5 nitrogen and oxygen atoms in total. The van der Waals surface area contributed by atoms with Crippen molar-refractivity contribution >= 4 is 23.3 Å². The predicted molar refractivity (Wildman–Crippen MR) is 90.0 cm³/mol. The van der Waals surface area contributed by atoms with Crippen LogP contribution in [0.2, 0.25) is 5.02 Å². The van der Waals surface area contributed by atoms with Crippen molar-refractivity contribution in [1.82, 2.24) is 4.90 Å². The molecule has 0 spiro atoms. The van der Waals surface area contributed by atoms with Crippen molar-refractivity contribution in [2.45, 2.75) is 31.4 Å². The fourth-order valence-corrected chi connectivity index (χ4v) is 3.97. The number of likely N-dealkylation sites (tertiary alicyclic amines) is 1. The molecule has 2 aliphatic rings. The Morgan fingerprint density at radius 3 is 2.48 bits per heavy atom. The Balaban J connectivity index is 1.59. The Kier molecular flexibility index (Phi) is 5.09. The SMILES string of the molecule is O=C(O)[C@H]1CN(C2CCN(c3ccccc3Cl)CC2)CC[C@H]1O. The number of piperidine rings is 2. The van der Waals surface area contributed by atoms with E-state index in [9.17, 15) is 15.0 Å². The van der Waals surface area contributed by atoms with Crippen LogP contribution in [0.4, 0.5) is 5.69 Å². The molecule has 1 aromatic rings. The van der Waals surface area contributed by atoms with Crippen LogP contribution in [0, 0.1) is 5.92 Å². The summed E-state index contributed by atoms with van der Waals surface area (Å²) in [6, 6.07) is 8.27. The van der Waals surface area contributed by atoms with Gasteiger partial charge >= 0.3 is 5.97 Å². The molecule has 0 radical (unpaired) electrons. The number of hydrogen-bond donors (Lipinski definition) is 2. The minimum atomic E-state index is -0.893. The molecule has 0 amide bonds. The van der Waals surface area contributed by atoms with Crippen LogP contribution in [-0.4, -0.2) is 59.4 Å². The van der Waals surface area contributed by atoms with Gasteiger partial charge in [0.1, 0.15) is 0 Å². The lowest BCUT2D eigenvalue weighted by Gasteiger charge is -2.43. The Labute approximate surface area is 141 Å². The largest absolute Gasteiger partial charge is 0.481 e. The molecule has 1 aromatic carbocycles. The molecule has 0 saturated carbocycles. The first-order chi connectivity index (χ1) is 11.1. The average molecular weight is 339 g/mol. The molecule has 2 atom stereocenters. The minimum absolute atomic E-state index is 0.392. The van der Waals surface area contributed by atoms with Gasteiger partial charge in [0.15, 0.2) is 0 Å². The van der Waals surface area contributed by atoms with Gasteiger partial charge in [-0.2, -0.15) is 0 Å². The van der Waals surface area contributed by atoms with Crippen molar-refractivity contribution < 1.29 is 15.0 Å². The number of anilines is 1. The fraction of sp³-hybridized carbons (Fsp3) is 0.588. The number of carbonyl (C=O) groups is 1. The molecule has 0 aliphatic carbocycles. The number of halogens is 1. The van der Waals surface area contributed by atoms with Crippen LogP contribution < -0.4 is 4.90 Å². The Hall–Kier alpha value is -1.30. The number of nitrogens with zero attached hydrogens (tertiary/aromatic N) is 2. The monoisotopic (exact) mass is 338 g/mol. The van der Waals surface area contributed by atoms with Gasteiger partial charge in [-0.1, -0.05) is 23.7 Å². The first-order valence-corrected chi connectivity index (χ1v) is 8.58. The van der Waals surface area contributed by atoms with E-state index >= 15 is 0 Å². The van der Waals surface area contributed by atoms with E-state index in [0.29, 0.717) is 19.0 Å². The summed E-state index contributed by atoms with van der Waals surface area (Å²) in [7, 11) is 0. The maximum absolute atomic E-state index is 11.3. The molecular formula is C17H23ClN2O3. The third-order valence-electron chi connectivity index (χ3n) is 5.10. The van der Waals surface area contributed by atoms with Gasteiger partial charge < -0.3 is 15.1 Å². The third-order valence-corrected chi connectivity index (χ3v) is 5.42. The smallest absolute Gasteiger partial charge is 0.310 e. The van der Waals surface area contributed by atoms with Gasteiger partial charge in [0.2, 0.25) is 0 Å². The Morgan fingerprint density at radius 1 is 1.13 bits per heavy atom. The number of aliphatic hydroxyl groups excluding tert-OH is 1. The van der Waals surface area contributed by atoms with E-state index in [2.05, 4.69) is 9.80 Å². The van der Waals surface area contributed by atoms with E-state index < -0.39 is 18.0 Å². The summed E-state index contributed by atoms with van der Waals surface area (Å²) in [5.41, 5.74) is 1.07. The topological polar surface area (TPSA) is 64.0 Å². The fourth-order valence-electron chi connectivity index (χ4n) is 3.72. The molecular weight excluding hydrogens is 316 g/mol. The number of carboxylic acids is 1. The van der Waals surface area contributed by atoms with Gasteiger partial charge in [-0.15, -0.1) is 0 Å². The van der Waals surface area contributed by atoms with Gasteiger partial charge in [0, 0.05) is 32.2 Å². The number of aliphatic hydroxyl groups is 1. The summed E-state index contributed by atoms with van der Waals surface area (Å²) in [5.74, 6) is -1.55. The summed E-state index contributed by atoms with van der Waals surface area (Å²) in [6.07, 6.45) is 1.81. The number of hydrogen-bond acceptors (Lipinski definition) is 4. The second-order valence-corrected chi connectivity index (χ2v) is 6.87. The first kappa shape index (κ1) is 16.6. The summed E-state index contributed by atoms with van der Waals surface area (Å²) in [4.78, 5) is 15.8. The molecule has 0 unspecified atom stereocenters. The molecule has 2 aliphatic heterocycles. The van der Waals surface area contributed by atoms with Gasteiger partial charge in [0.25, 0.3) is 0 Å². The summed E-state index contributed by atoms with van der Waals surface area (Å²) in [5, 5.41) is 19.9. The van der Waals surface area contributed by atoms with E-state index in [4.69, 9.17) is 11.6 Å². The molecule has 2 N–H and O–H groups in total.